The smallest absolute Gasteiger partial charge is 0.227 e. The minimum atomic E-state index is 0.0228. The number of carbonyl (C=O) groups is 1. The van der Waals surface area contributed by atoms with Crippen molar-refractivity contribution in [1.29, 1.82) is 0 Å². The molecule has 1 saturated heterocycles. The van der Waals surface area contributed by atoms with Crippen molar-refractivity contribution in [2.75, 3.05) is 18.6 Å². The molecule has 1 aliphatic heterocycles. The summed E-state index contributed by atoms with van der Waals surface area (Å²) in [6.07, 6.45) is 0.440. The third kappa shape index (κ3) is 3.56. The van der Waals surface area contributed by atoms with Gasteiger partial charge < -0.3 is 14.2 Å². The highest BCUT2D eigenvalue weighted by atomic mass is 16.5. The van der Waals surface area contributed by atoms with Crippen LogP contribution in [0, 0.1) is 6.92 Å². The standard InChI is InChI=1S/C26H25N3O2/c1-18-8-7-9-19(14-18)16-29-22-11-4-3-10-21(22)27-26(29)20-15-25(30)28(17-20)23-12-5-6-13-24(23)31-2/h3-14,20H,15-17H2,1-2H3/t20-/m0/s1. The van der Waals surface area contributed by atoms with Crippen LogP contribution in [0.1, 0.15) is 29.3 Å². The van der Waals surface area contributed by atoms with E-state index in [0.717, 1.165) is 29.1 Å². The van der Waals surface area contributed by atoms with Crippen LogP contribution in [0.3, 0.4) is 0 Å². The Labute approximate surface area is 181 Å². The molecule has 1 amide bonds. The number of fused-ring (bicyclic) bond motifs is 1. The lowest BCUT2D eigenvalue weighted by Crippen LogP contribution is -2.25. The van der Waals surface area contributed by atoms with E-state index in [2.05, 4.69) is 41.8 Å². The number of benzene rings is 3. The number of para-hydroxylation sites is 4. The van der Waals surface area contributed by atoms with Crippen molar-refractivity contribution in [3.8, 4) is 5.75 Å². The maximum absolute atomic E-state index is 13.0. The van der Waals surface area contributed by atoms with Gasteiger partial charge in [0.1, 0.15) is 11.6 Å². The van der Waals surface area contributed by atoms with E-state index in [1.165, 1.54) is 11.1 Å². The average Bonchev–Trinajstić information content (AvgIpc) is 3.34. The van der Waals surface area contributed by atoms with Gasteiger partial charge in [0.15, 0.2) is 0 Å². The summed E-state index contributed by atoms with van der Waals surface area (Å²) in [6.45, 7) is 3.43. The van der Waals surface area contributed by atoms with Gasteiger partial charge in [0.05, 0.1) is 23.8 Å². The summed E-state index contributed by atoms with van der Waals surface area (Å²) in [4.78, 5) is 19.8. The fourth-order valence-electron chi connectivity index (χ4n) is 4.53. The number of methoxy groups -OCH3 is 1. The van der Waals surface area contributed by atoms with E-state index < -0.39 is 0 Å². The molecule has 3 aromatic carbocycles. The van der Waals surface area contributed by atoms with Gasteiger partial charge in [-0.05, 0) is 36.8 Å². The first kappa shape index (κ1) is 19.4. The molecule has 0 saturated carbocycles. The molecule has 0 spiro atoms. The summed E-state index contributed by atoms with van der Waals surface area (Å²) >= 11 is 0. The lowest BCUT2D eigenvalue weighted by atomic mass is 10.1. The highest BCUT2D eigenvalue weighted by Crippen LogP contribution is 2.37. The second kappa shape index (κ2) is 7.91. The van der Waals surface area contributed by atoms with Crippen LogP contribution in [-0.2, 0) is 11.3 Å². The van der Waals surface area contributed by atoms with Crippen LogP contribution >= 0.6 is 0 Å². The number of anilines is 1. The van der Waals surface area contributed by atoms with Gasteiger partial charge in [-0.15, -0.1) is 0 Å². The molecule has 0 aliphatic carbocycles. The first-order chi connectivity index (χ1) is 15.1. The number of hydrogen-bond acceptors (Lipinski definition) is 3. The van der Waals surface area contributed by atoms with E-state index in [-0.39, 0.29) is 11.8 Å². The molecular formula is C26H25N3O2. The lowest BCUT2D eigenvalue weighted by molar-refractivity contribution is -0.117. The van der Waals surface area contributed by atoms with Gasteiger partial charge in [0.25, 0.3) is 0 Å². The van der Waals surface area contributed by atoms with Crippen LogP contribution in [0.2, 0.25) is 0 Å². The van der Waals surface area contributed by atoms with Crippen molar-refractivity contribution in [2.24, 2.45) is 0 Å². The molecule has 156 valence electrons. The Morgan fingerprint density at radius 1 is 1.03 bits per heavy atom. The number of ether oxygens (including phenoxy) is 1. The molecular weight excluding hydrogens is 386 g/mol. The fourth-order valence-corrected chi connectivity index (χ4v) is 4.53. The van der Waals surface area contributed by atoms with Crippen LogP contribution in [0.5, 0.6) is 5.75 Å². The summed E-state index contributed by atoms with van der Waals surface area (Å²) in [5.41, 5.74) is 5.35. The zero-order chi connectivity index (χ0) is 21.4. The van der Waals surface area contributed by atoms with E-state index in [4.69, 9.17) is 9.72 Å². The van der Waals surface area contributed by atoms with E-state index in [1.54, 1.807) is 7.11 Å². The fraction of sp³-hybridized carbons (Fsp3) is 0.231. The Morgan fingerprint density at radius 2 is 1.84 bits per heavy atom. The van der Waals surface area contributed by atoms with Gasteiger partial charge >= 0.3 is 0 Å². The van der Waals surface area contributed by atoms with Crippen LogP contribution in [0.25, 0.3) is 11.0 Å². The van der Waals surface area contributed by atoms with Gasteiger partial charge in [0.2, 0.25) is 5.91 Å². The molecule has 0 unspecified atom stereocenters. The van der Waals surface area contributed by atoms with Crippen LogP contribution in [0.15, 0.2) is 72.8 Å². The van der Waals surface area contributed by atoms with E-state index in [0.29, 0.717) is 18.7 Å². The molecule has 1 atom stereocenters. The maximum atomic E-state index is 13.0. The number of imidazole rings is 1. The summed E-state index contributed by atoms with van der Waals surface area (Å²) in [7, 11) is 1.64. The van der Waals surface area contributed by atoms with Gasteiger partial charge in [0, 0.05) is 25.4 Å². The second-order valence-electron chi connectivity index (χ2n) is 8.11. The first-order valence-corrected chi connectivity index (χ1v) is 10.6. The number of nitrogens with zero attached hydrogens (tertiary/aromatic N) is 3. The van der Waals surface area contributed by atoms with Crippen molar-refractivity contribution < 1.29 is 9.53 Å². The van der Waals surface area contributed by atoms with E-state index in [1.807, 2.05) is 47.4 Å². The summed E-state index contributed by atoms with van der Waals surface area (Å²) in [5, 5.41) is 0. The molecule has 2 heterocycles. The van der Waals surface area contributed by atoms with Crippen LogP contribution in [0.4, 0.5) is 5.69 Å². The minimum absolute atomic E-state index is 0.0228. The summed E-state index contributed by atoms with van der Waals surface area (Å²) in [5.74, 6) is 1.80. The number of amides is 1. The molecule has 5 rings (SSSR count). The number of carbonyl (C=O) groups excluding carboxylic acids is 1. The number of aromatic nitrogens is 2. The van der Waals surface area contributed by atoms with Crippen LogP contribution < -0.4 is 9.64 Å². The predicted molar refractivity (Wildman–Crippen MR) is 123 cm³/mol. The van der Waals surface area contributed by atoms with Crippen molar-refractivity contribution in [3.63, 3.8) is 0 Å². The first-order valence-electron chi connectivity index (χ1n) is 10.6. The summed E-state index contributed by atoms with van der Waals surface area (Å²) < 4.78 is 7.77. The summed E-state index contributed by atoms with van der Waals surface area (Å²) in [6, 6.07) is 24.4. The van der Waals surface area contributed by atoms with Crippen molar-refractivity contribution in [1.82, 2.24) is 9.55 Å². The molecule has 1 aliphatic rings. The van der Waals surface area contributed by atoms with Crippen LogP contribution in [-0.4, -0.2) is 29.1 Å². The number of hydrogen-bond donors (Lipinski definition) is 0. The monoisotopic (exact) mass is 411 g/mol. The molecule has 4 aromatic rings. The largest absolute Gasteiger partial charge is 0.495 e. The third-order valence-corrected chi connectivity index (χ3v) is 5.97. The molecule has 31 heavy (non-hydrogen) atoms. The Bertz CT molecular complexity index is 1260. The molecule has 0 radical (unpaired) electrons. The minimum Gasteiger partial charge on any atom is -0.495 e. The van der Waals surface area contributed by atoms with Crippen molar-refractivity contribution >= 4 is 22.6 Å². The highest BCUT2D eigenvalue weighted by molar-refractivity contribution is 5.97. The highest BCUT2D eigenvalue weighted by Gasteiger charge is 2.35. The molecule has 5 nitrogen and oxygen atoms in total. The Morgan fingerprint density at radius 3 is 2.68 bits per heavy atom. The van der Waals surface area contributed by atoms with E-state index >= 15 is 0 Å². The molecule has 0 bridgehead atoms. The van der Waals surface area contributed by atoms with Gasteiger partial charge in [-0.2, -0.15) is 0 Å². The zero-order valence-corrected chi connectivity index (χ0v) is 17.8. The van der Waals surface area contributed by atoms with Crippen molar-refractivity contribution in [2.45, 2.75) is 25.8 Å². The molecule has 1 fully saturated rings. The average molecular weight is 412 g/mol. The van der Waals surface area contributed by atoms with Gasteiger partial charge in [-0.25, -0.2) is 4.98 Å². The normalized spacial score (nSPS) is 16.3. The molecule has 1 aromatic heterocycles. The predicted octanol–water partition coefficient (Wildman–Crippen LogP) is 4.92. The lowest BCUT2D eigenvalue weighted by Gasteiger charge is -2.20. The second-order valence-corrected chi connectivity index (χ2v) is 8.11. The van der Waals surface area contributed by atoms with Gasteiger partial charge in [-0.1, -0.05) is 54.1 Å². The topological polar surface area (TPSA) is 47.4 Å². The Kier molecular flexibility index (Phi) is 4.94. The maximum Gasteiger partial charge on any atom is 0.227 e. The van der Waals surface area contributed by atoms with Gasteiger partial charge in [-0.3, -0.25) is 4.79 Å². The quantitative estimate of drug-likeness (QED) is 0.468. The SMILES string of the molecule is COc1ccccc1N1C[C@@H](c2nc3ccccc3n2Cc2cccc(C)c2)CC1=O. The van der Waals surface area contributed by atoms with E-state index in [9.17, 15) is 4.79 Å². The number of aryl methyl sites for hydroxylation is 1. The number of rotatable bonds is 5. The van der Waals surface area contributed by atoms with Crippen molar-refractivity contribution in [3.05, 3.63) is 89.7 Å². The molecule has 5 heteroatoms. The molecule has 0 N–H and O–H groups in total. The Balaban J connectivity index is 1.54. The zero-order valence-electron chi connectivity index (χ0n) is 17.8. The third-order valence-electron chi connectivity index (χ3n) is 5.97. The Hall–Kier alpha value is -3.60.